The highest BCUT2D eigenvalue weighted by atomic mass is 16.5. The van der Waals surface area contributed by atoms with Crippen molar-refractivity contribution < 1.29 is 4.74 Å². The second-order valence-corrected chi connectivity index (χ2v) is 4.14. The van der Waals surface area contributed by atoms with E-state index in [0.717, 1.165) is 19.8 Å². The van der Waals surface area contributed by atoms with Crippen molar-refractivity contribution >= 4 is 0 Å². The molecule has 2 rings (SSSR count). The lowest BCUT2D eigenvalue weighted by Crippen LogP contribution is -2.25. The quantitative estimate of drug-likeness (QED) is 0.815. The van der Waals surface area contributed by atoms with Gasteiger partial charge in [0.15, 0.2) is 0 Å². The first-order chi connectivity index (χ1) is 7.36. The molecule has 1 aliphatic rings. The average Bonchev–Trinajstić information content (AvgIpc) is 2.80. The van der Waals surface area contributed by atoms with Crippen LogP contribution in [0.3, 0.4) is 0 Å². The maximum atomic E-state index is 5.35. The SMILES string of the molecule is C[C@@H](NCC1CCOC1)c1ccncc1. The van der Waals surface area contributed by atoms with E-state index in [-0.39, 0.29) is 0 Å². The predicted octanol–water partition coefficient (Wildman–Crippen LogP) is 1.77. The molecular weight excluding hydrogens is 188 g/mol. The molecule has 1 aromatic heterocycles. The number of nitrogens with zero attached hydrogens (tertiary/aromatic N) is 1. The maximum absolute atomic E-state index is 5.35. The topological polar surface area (TPSA) is 34.1 Å². The second-order valence-electron chi connectivity index (χ2n) is 4.14. The summed E-state index contributed by atoms with van der Waals surface area (Å²) < 4.78 is 5.35. The molecule has 0 amide bonds. The molecule has 0 aliphatic carbocycles. The summed E-state index contributed by atoms with van der Waals surface area (Å²) in [6.45, 7) is 5.07. The maximum Gasteiger partial charge on any atom is 0.0507 e. The fourth-order valence-corrected chi connectivity index (χ4v) is 1.86. The summed E-state index contributed by atoms with van der Waals surface area (Å²) in [5, 5.41) is 3.53. The van der Waals surface area contributed by atoms with Crippen LogP contribution in [-0.4, -0.2) is 24.7 Å². The minimum atomic E-state index is 0.397. The standard InChI is InChI=1S/C12H18N2O/c1-10(12-2-5-13-6-3-12)14-8-11-4-7-15-9-11/h2-3,5-6,10-11,14H,4,7-9H2,1H3/t10-,11?/m1/s1. The molecule has 1 fully saturated rings. The van der Waals surface area contributed by atoms with E-state index in [0.29, 0.717) is 12.0 Å². The van der Waals surface area contributed by atoms with E-state index in [1.165, 1.54) is 12.0 Å². The minimum absolute atomic E-state index is 0.397. The zero-order chi connectivity index (χ0) is 10.5. The summed E-state index contributed by atoms with van der Waals surface area (Å²) in [4.78, 5) is 4.02. The van der Waals surface area contributed by atoms with E-state index >= 15 is 0 Å². The molecule has 0 bridgehead atoms. The van der Waals surface area contributed by atoms with Crippen LogP contribution < -0.4 is 5.32 Å². The van der Waals surface area contributed by atoms with Gasteiger partial charge in [0.05, 0.1) is 6.61 Å². The molecule has 0 spiro atoms. The van der Waals surface area contributed by atoms with E-state index < -0.39 is 0 Å². The molecule has 1 unspecified atom stereocenters. The van der Waals surface area contributed by atoms with Crippen molar-refractivity contribution in [1.82, 2.24) is 10.3 Å². The van der Waals surface area contributed by atoms with E-state index in [1.54, 1.807) is 0 Å². The molecule has 82 valence electrons. The Balaban J connectivity index is 1.79. The molecule has 2 heterocycles. The summed E-state index contributed by atoms with van der Waals surface area (Å²) >= 11 is 0. The number of pyridine rings is 1. The molecule has 0 saturated carbocycles. The van der Waals surface area contributed by atoms with Crippen LogP contribution in [-0.2, 0) is 4.74 Å². The van der Waals surface area contributed by atoms with Crippen LogP contribution in [0.4, 0.5) is 0 Å². The Morgan fingerprint density at radius 3 is 3.00 bits per heavy atom. The fourth-order valence-electron chi connectivity index (χ4n) is 1.86. The number of nitrogens with one attached hydrogen (secondary N) is 1. The highest BCUT2D eigenvalue weighted by molar-refractivity contribution is 5.13. The summed E-state index contributed by atoms with van der Waals surface area (Å²) in [6, 6.07) is 4.51. The molecule has 3 nitrogen and oxygen atoms in total. The monoisotopic (exact) mass is 206 g/mol. The highest BCUT2D eigenvalue weighted by Gasteiger charge is 2.16. The average molecular weight is 206 g/mol. The summed E-state index contributed by atoms with van der Waals surface area (Å²) in [5.41, 5.74) is 1.30. The van der Waals surface area contributed by atoms with Gasteiger partial charge in [0, 0.05) is 31.6 Å². The van der Waals surface area contributed by atoms with Crippen molar-refractivity contribution in [3.63, 3.8) is 0 Å². The predicted molar refractivity (Wildman–Crippen MR) is 59.6 cm³/mol. The lowest BCUT2D eigenvalue weighted by molar-refractivity contribution is 0.184. The molecule has 1 aliphatic heterocycles. The molecular formula is C12H18N2O. The van der Waals surface area contributed by atoms with Crippen LogP contribution in [0.2, 0.25) is 0 Å². The van der Waals surface area contributed by atoms with Gasteiger partial charge in [0.2, 0.25) is 0 Å². The zero-order valence-corrected chi connectivity index (χ0v) is 9.15. The van der Waals surface area contributed by atoms with Crippen LogP contribution in [0.25, 0.3) is 0 Å². The molecule has 0 aromatic carbocycles. The van der Waals surface area contributed by atoms with E-state index in [4.69, 9.17) is 4.74 Å². The van der Waals surface area contributed by atoms with Crippen LogP contribution in [0.15, 0.2) is 24.5 Å². The Hall–Kier alpha value is -0.930. The van der Waals surface area contributed by atoms with Crippen molar-refractivity contribution in [2.24, 2.45) is 5.92 Å². The van der Waals surface area contributed by atoms with Gasteiger partial charge in [-0.1, -0.05) is 0 Å². The van der Waals surface area contributed by atoms with Gasteiger partial charge in [-0.25, -0.2) is 0 Å². The van der Waals surface area contributed by atoms with Crippen LogP contribution in [0.5, 0.6) is 0 Å². The van der Waals surface area contributed by atoms with Gasteiger partial charge in [0.25, 0.3) is 0 Å². The van der Waals surface area contributed by atoms with Gasteiger partial charge in [-0.15, -0.1) is 0 Å². The molecule has 2 atom stereocenters. The molecule has 1 saturated heterocycles. The first kappa shape index (κ1) is 10.6. The molecule has 15 heavy (non-hydrogen) atoms. The lowest BCUT2D eigenvalue weighted by Gasteiger charge is -2.16. The van der Waals surface area contributed by atoms with Crippen LogP contribution >= 0.6 is 0 Å². The normalized spacial score (nSPS) is 22.9. The molecule has 1 N–H and O–H groups in total. The number of rotatable bonds is 4. The van der Waals surface area contributed by atoms with Gasteiger partial charge >= 0.3 is 0 Å². The number of ether oxygens (including phenoxy) is 1. The third kappa shape index (κ3) is 3.01. The Labute approximate surface area is 90.9 Å². The van der Waals surface area contributed by atoms with Crippen LogP contribution in [0, 0.1) is 5.92 Å². The Bertz CT molecular complexity index is 283. The van der Waals surface area contributed by atoms with Gasteiger partial charge in [-0.2, -0.15) is 0 Å². The first-order valence-electron chi connectivity index (χ1n) is 5.57. The minimum Gasteiger partial charge on any atom is -0.381 e. The molecule has 0 radical (unpaired) electrons. The lowest BCUT2D eigenvalue weighted by atomic mass is 10.1. The number of aromatic nitrogens is 1. The van der Waals surface area contributed by atoms with E-state index in [2.05, 4.69) is 29.4 Å². The van der Waals surface area contributed by atoms with Gasteiger partial charge in [-0.05, 0) is 37.0 Å². The summed E-state index contributed by atoms with van der Waals surface area (Å²) in [6.07, 6.45) is 4.87. The van der Waals surface area contributed by atoms with E-state index in [1.807, 2.05) is 12.4 Å². The Morgan fingerprint density at radius 1 is 1.53 bits per heavy atom. The Kier molecular flexibility index (Phi) is 3.69. The molecule has 3 heteroatoms. The van der Waals surface area contributed by atoms with E-state index in [9.17, 15) is 0 Å². The van der Waals surface area contributed by atoms with Crippen molar-refractivity contribution in [1.29, 1.82) is 0 Å². The van der Waals surface area contributed by atoms with Crippen LogP contribution in [0.1, 0.15) is 24.9 Å². The summed E-state index contributed by atoms with van der Waals surface area (Å²) in [5.74, 6) is 0.689. The Morgan fingerprint density at radius 2 is 2.33 bits per heavy atom. The van der Waals surface area contributed by atoms with Crippen molar-refractivity contribution in [3.8, 4) is 0 Å². The van der Waals surface area contributed by atoms with Crippen molar-refractivity contribution in [2.45, 2.75) is 19.4 Å². The second kappa shape index (κ2) is 5.24. The van der Waals surface area contributed by atoms with Crippen molar-refractivity contribution in [3.05, 3.63) is 30.1 Å². The first-order valence-corrected chi connectivity index (χ1v) is 5.57. The molecule has 1 aromatic rings. The fraction of sp³-hybridized carbons (Fsp3) is 0.583. The highest BCUT2D eigenvalue weighted by Crippen LogP contribution is 2.14. The third-order valence-corrected chi connectivity index (χ3v) is 2.94. The zero-order valence-electron chi connectivity index (χ0n) is 9.15. The number of hydrogen-bond acceptors (Lipinski definition) is 3. The third-order valence-electron chi connectivity index (χ3n) is 2.94. The smallest absolute Gasteiger partial charge is 0.0507 e. The summed E-state index contributed by atoms with van der Waals surface area (Å²) in [7, 11) is 0. The van der Waals surface area contributed by atoms with Gasteiger partial charge in [-0.3, -0.25) is 4.98 Å². The van der Waals surface area contributed by atoms with Crippen molar-refractivity contribution in [2.75, 3.05) is 19.8 Å². The number of hydrogen-bond donors (Lipinski definition) is 1. The largest absolute Gasteiger partial charge is 0.381 e. The van der Waals surface area contributed by atoms with Gasteiger partial charge in [0.1, 0.15) is 0 Å². The van der Waals surface area contributed by atoms with Gasteiger partial charge < -0.3 is 10.1 Å².